The summed E-state index contributed by atoms with van der Waals surface area (Å²) >= 11 is 0. The van der Waals surface area contributed by atoms with Gasteiger partial charge in [0.15, 0.2) is 0 Å². The van der Waals surface area contributed by atoms with Crippen LogP contribution in [0.25, 0.3) is 0 Å². The number of aromatic nitrogens is 4. The number of alkyl halides is 6. The Bertz CT molecular complexity index is 1200. The maximum absolute atomic E-state index is 14.1. The first-order valence-electron chi connectivity index (χ1n) is 11.7. The van der Waals surface area contributed by atoms with E-state index in [2.05, 4.69) is 20.4 Å². The highest BCUT2D eigenvalue weighted by molar-refractivity contribution is 5.76. The molecule has 2 aromatic heterocycles. The van der Waals surface area contributed by atoms with E-state index >= 15 is 0 Å². The number of hydrogen-bond donors (Lipinski definition) is 2. The van der Waals surface area contributed by atoms with Crippen LogP contribution in [0, 0.1) is 0 Å². The van der Waals surface area contributed by atoms with Gasteiger partial charge in [-0.3, -0.25) is 9.59 Å². The van der Waals surface area contributed by atoms with Gasteiger partial charge in [-0.05, 0) is 6.92 Å². The first-order valence-corrected chi connectivity index (χ1v) is 11.7. The molecule has 2 fully saturated rings. The van der Waals surface area contributed by atoms with Crippen LogP contribution in [0.2, 0.25) is 0 Å². The number of halogens is 6. The average Bonchev–Trinajstić information content (AvgIpc) is 3.39. The van der Waals surface area contributed by atoms with E-state index in [1.807, 2.05) is 0 Å². The molecule has 0 radical (unpaired) electrons. The molecule has 38 heavy (non-hydrogen) atoms. The standard InChI is InChI=1S/C22H25F6N7O3/c1-13(32-15-10-31-33-18(37)17(15)22(26,27)28)11-38-7-2-16(36)34-3-5-35(6-4-34)19-29-8-14(9-30-19)20(23)12-21(20,24)25/h8-10,13H,2-7,11-12H2,1H3,(H2,32,33,37). The molecule has 1 aliphatic carbocycles. The molecule has 2 aliphatic rings. The van der Waals surface area contributed by atoms with Crippen molar-refractivity contribution in [3.63, 3.8) is 0 Å². The third-order valence-corrected chi connectivity index (χ3v) is 6.30. The minimum Gasteiger partial charge on any atom is -0.379 e. The highest BCUT2D eigenvalue weighted by Gasteiger charge is 2.74. The number of anilines is 2. The topological polar surface area (TPSA) is 116 Å². The van der Waals surface area contributed by atoms with Gasteiger partial charge < -0.3 is 19.9 Å². The Balaban J connectivity index is 1.18. The monoisotopic (exact) mass is 549 g/mol. The van der Waals surface area contributed by atoms with E-state index in [1.165, 1.54) is 0 Å². The van der Waals surface area contributed by atoms with Crippen molar-refractivity contribution in [1.82, 2.24) is 25.1 Å². The molecule has 0 bridgehead atoms. The van der Waals surface area contributed by atoms with Crippen molar-refractivity contribution in [3.05, 3.63) is 40.1 Å². The molecule has 208 valence electrons. The summed E-state index contributed by atoms with van der Waals surface area (Å²) in [6.07, 6.45) is -2.71. The van der Waals surface area contributed by atoms with Crippen LogP contribution in [0.4, 0.5) is 38.0 Å². The third kappa shape index (κ3) is 5.84. The summed E-state index contributed by atoms with van der Waals surface area (Å²) in [5, 5.41) is 7.69. The molecule has 3 heterocycles. The van der Waals surface area contributed by atoms with Crippen molar-refractivity contribution >= 4 is 17.5 Å². The predicted molar refractivity (Wildman–Crippen MR) is 122 cm³/mol. The SMILES string of the molecule is CC(COCCC(=O)N1CCN(c2ncc(C3(F)CC3(F)F)cn2)CC1)Nc1cn[nH]c(=O)c1C(F)(F)F. The van der Waals surface area contributed by atoms with Crippen LogP contribution in [0.3, 0.4) is 0 Å². The first kappa shape index (κ1) is 27.6. The summed E-state index contributed by atoms with van der Waals surface area (Å²) in [5.74, 6) is -3.34. The lowest BCUT2D eigenvalue weighted by atomic mass is 10.2. The lowest BCUT2D eigenvalue weighted by Crippen LogP contribution is -2.49. The largest absolute Gasteiger partial charge is 0.423 e. The van der Waals surface area contributed by atoms with Crippen LogP contribution in [0.15, 0.2) is 23.4 Å². The molecular weight excluding hydrogens is 524 g/mol. The van der Waals surface area contributed by atoms with Crippen molar-refractivity contribution in [1.29, 1.82) is 0 Å². The number of carbonyl (C=O) groups is 1. The van der Waals surface area contributed by atoms with Gasteiger partial charge in [0.05, 0.1) is 37.9 Å². The maximum atomic E-state index is 14.1. The van der Waals surface area contributed by atoms with E-state index in [9.17, 15) is 35.9 Å². The Morgan fingerprint density at radius 3 is 2.37 bits per heavy atom. The summed E-state index contributed by atoms with van der Waals surface area (Å²) < 4.78 is 85.3. The van der Waals surface area contributed by atoms with Gasteiger partial charge in [-0.15, -0.1) is 0 Å². The van der Waals surface area contributed by atoms with Crippen molar-refractivity contribution < 1.29 is 35.9 Å². The molecule has 2 atom stereocenters. The minimum atomic E-state index is -4.86. The number of amides is 1. The summed E-state index contributed by atoms with van der Waals surface area (Å²) in [4.78, 5) is 35.4. The third-order valence-electron chi connectivity index (χ3n) is 6.30. The van der Waals surface area contributed by atoms with Gasteiger partial charge in [0, 0.05) is 50.2 Å². The number of carbonyl (C=O) groups excluding carboxylic acids is 1. The van der Waals surface area contributed by atoms with E-state index in [0.717, 1.165) is 18.6 Å². The quantitative estimate of drug-likeness (QED) is 0.362. The molecule has 1 amide bonds. The fourth-order valence-corrected chi connectivity index (χ4v) is 4.09. The molecule has 2 aromatic rings. The summed E-state index contributed by atoms with van der Waals surface area (Å²) in [5.41, 5.74) is -6.19. The summed E-state index contributed by atoms with van der Waals surface area (Å²) in [6, 6.07) is -0.608. The molecule has 2 N–H and O–H groups in total. The zero-order chi connectivity index (χ0) is 27.7. The van der Waals surface area contributed by atoms with Crippen molar-refractivity contribution in [3.8, 4) is 0 Å². The van der Waals surface area contributed by atoms with Gasteiger partial charge in [-0.1, -0.05) is 0 Å². The lowest BCUT2D eigenvalue weighted by Gasteiger charge is -2.34. The van der Waals surface area contributed by atoms with E-state index in [-0.39, 0.29) is 37.1 Å². The van der Waals surface area contributed by atoms with E-state index in [4.69, 9.17) is 4.74 Å². The number of rotatable bonds is 9. The van der Waals surface area contributed by atoms with Gasteiger partial charge in [0.2, 0.25) is 17.5 Å². The molecule has 1 saturated heterocycles. The van der Waals surface area contributed by atoms with Crippen LogP contribution < -0.4 is 15.8 Å². The second kappa shape index (κ2) is 10.4. The Kier molecular flexibility index (Phi) is 7.54. The molecule has 10 nitrogen and oxygen atoms in total. The number of nitrogens with one attached hydrogen (secondary N) is 2. The van der Waals surface area contributed by atoms with Crippen LogP contribution in [-0.4, -0.2) is 82.3 Å². The fraction of sp³-hybridized carbons (Fsp3) is 0.591. The molecule has 16 heteroatoms. The number of ether oxygens (including phenoxy) is 1. The molecule has 0 spiro atoms. The second-order valence-corrected chi connectivity index (χ2v) is 9.18. The fourth-order valence-electron chi connectivity index (χ4n) is 4.09. The minimum absolute atomic E-state index is 0.0232. The Morgan fingerprint density at radius 2 is 1.79 bits per heavy atom. The number of nitrogens with zero attached hydrogens (tertiary/aromatic N) is 5. The molecule has 4 rings (SSSR count). The van der Waals surface area contributed by atoms with Gasteiger partial charge in [0.1, 0.15) is 5.56 Å². The van der Waals surface area contributed by atoms with Gasteiger partial charge in [0.25, 0.3) is 11.5 Å². The van der Waals surface area contributed by atoms with Crippen molar-refractivity contribution in [2.45, 2.75) is 43.6 Å². The highest BCUT2D eigenvalue weighted by Crippen LogP contribution is 2.62. The molecule has 1 aliphatic heterocycles. The van der Waals surface area contributed by atoms with Gasteiger partial charge in [-0.2, -0.15) is 18.3 Å². The van der Waals surface area contributed by atoms with Crippen LogP contribution in [0.5, 0.6) is 0 Å². The lowest BCUT2D eigenvalue weighted by molar-refractivity contribution is -0.138. The van der Waals surface area contributed by atoms with Crippen molar-refractivity contribution in [2.75, 3.05) is 49.6 Å². The number of hydrogen-bond acceptors (Lipinski definition) is 8. The van der Waals surface area contributed by atoms with Gasteiger partial charge in [-0.25, -0.2) is 28.2 Å². The number of piperazine rings is 1. The molecule has 2 unspecified atom stereocenters. The van der Waals surface area contributed by atoms with Crippen LogP contribution in [0.1, 0.15) is 30.9 Å². The second-order valence-electron chi connectivity index (χ2n) is 9.18. The van der Waals surface area contributed by atoms with Crippen molar-refractivity contribution in [2.24, 2.45) is 0 Å². The molecule has 1 saturated carbocycles. The normalized spacial score (nSPS) is 21.8. The van der Waals surface area contributed by atoms with E-state index < -0.39 is 47.0 Å². The van der Waals surface area contributed by atoms with Crippen LogP contribution >= 0.6 is 0 Å². The summed E-state index contributed by atoms with van der Waals surface area (Å²) in [6.45, 7) is 3.03. The first-order chi connectivity index (χ1) is 17.8. The Hall–Kier alpha value is -3.43. The van der Waals surface area contributed by atoms with E-state index in [1.54, 1.807) is 21.8 Å². The summed E-state index contributed by atoms with van der Waals surface area (Å²) in [7, 11) is 0. The predicted octanol–water partition coefficient (Wildman–Crippen LogP) is 2.34. The Morgan fingerprint density at radius 1 is 1.16 bits per heavy atom. The van der Waals surface area contributed by atoms with Gasteiger partial charge >= 0.3 is 6.18 Å². The smallest absolute Gasteiger partial charge is 0.379 e. The average molecular weight is 549 g/mol. The molecule has 0 aromatic carbocycles. The maximum Gasteiger partial charge on any atom is 0.423 e. The zero-order valence-electron chi connectivity index (χ0n) is 20.2. The number of H-pyrrole nitrogens is 1. The highest BCUT2D eigenvalue weighted by atomic mass is 19.4. The van der Waals surface area contributed by atoms with E-state index in [0.29, 0.717) is 26.2 Å². The Labute approximate surface area is 212 Å². The zero-order valence-corrected chi connectivity index (χ0v) is 20.2. The van der Waals surface area contributed by atoms with Crippen LogP contribution in [-0.2, 0) is 21.4 Å². The number of aromatic amines is 1. The molecular formula is C22H25F6N7O3.